The number of aliphatic hydroxyl groups is 2. The normalized spacial score (nSPS) is 30.7. The van der Waals surface area contributed by atoms with Gasteiger partial charge in [0.25, 0.3) is 0 Å². The molecule has 2 N–H and O–H groups in total. The SMILES string of the molecule is CCC[CH2][Sn]([CH2]CCC)([CH2]CCC)/[C]1=C\CC[C@H](C)[C@@H](C)OC(=O)/C=C/[C@](C)(O)CC[C@@H]1O. The second-order valence-electron chi connectivity index (χ2n) is 10.7. The molecule has 1 rings (SSSR count). The molecule has 0 aliphatic carbocycles. The van der Waals surface area contributed by atoms with E-state index in [9.17, 15) is 15.0 Å². The number of cyclic esters (lactones) is 1. The number of hydrogen-bond acceptors (Lipinski definition) is 4. The summed E-state index contributed by atoms with van der Waals surface area (Å²) in [5, 5.41) is 22.4. The van der Waals surface area contributed by atoms with E-state index in [0.29, 0.717) is 12.8 Å². The second-order valence-corrected chi connectivity index (χ2v) is 23.9. The van der Waals surface area contributed by atoms with E-state index in [0.717, 1.165) is 12.8 Å². The summed E-state index contributed by atoms with van der Waals surface area (Å²) in [6, 6.07) is 0. The summed E-state index contributed by atoms with van der Waals surface area (Å²) in [7, 11) is 0. The van der Waals surface area contributed by atoms with Crippen LogP contribution >= 0.6 is 0 Å². The Labute approximate surface area is 208 Å². The van der Waals surface area contributed by atoms with Crippen molar-refractivity contribution in [1.82, 2.24) is 0 Å². The molecule has 1 heterocycles. The molecule has 5 heteroatoms. The van der Waals surface area contributed by atoms with E-state index in [1.54, 1.807) is 6.92 Å². The monoisotopic (exact) mass is 572 g/mol. The predicted molar refractivity (Wildman–Crippen MR) is 142 cm³/mol. The molecule has 0 amide bonds. The van der Waals surface area contributed by atoms with Gasteiger partial charge in [-0.25, -0.2) is 0 Å². The fraction of sp³-hybridized carbons (Fsp3) is 0.821. The van der Waals surface area contributed by atoms with E-state index >= 15 is 0 Å². The van der Waals surface area contributed by atoms with Crippen molar-refractivity contribution in [3.05, 3.63) is 21.8 Å². The third kappa shape index (κ3) is 10.9. The number of rotatable bonds is 10. The first-order valence-electron chi connectivity index (χ1n) is 13.6. The molecule has 0 unspecified atom stereocenters. The Hall–Kier alpha value is -0.331. The molecule has 0 fully saturated rings. The Bertz CT molecular complexity index is 604. The summed E-state index contributed by atoms with van der Waals surface area (Å²) in [6.07, 6.45) is 14.9. The van der Waals surface area contributed by atoms with Crippen LogP contribution in [0.1, 0.15) is 106 Å². The maximum absolute atomic E-state index is 12.2. The van der Waals surface area contributed by atoms with Gasteiger partial charge in [-0.05, 0) is 0 Å². The molecule has 0 bridgehead atoms. The molecule has 0 aromatic carbocycles. The van der Waals surface area contributed by atoms with E-state index in [-0.39, 0.29) is 12.0 Å². The fourth-order valence-corrected chi connectivity index (χ4v) is 22.6. The Morgan fingerprint density at radius 1 is 1.03 bits per heavy atom. The molecule has 192 valence electrons. The van der Waals surface area contributed by atoms with Crippen molar-refractivity contribution in [3.63, 3.8) is 0 Å². The Morgan fingerprint density at radius 2 is 1.58 bits per heavy atom. The summed E-state index contributed by atoms with van der Waals surface area (Å²) in [4.78, 5) is 12.2. The van der Waals surface area contributed by atoms with Crippen LogP contribution in [0.4, 0.5) is 0 Å². The van der Waals surface area contributed by atoms with Crippen LogP contribution in [0.2, 0.25) is 13.3 Å². The fourth-order valence-electron chi connectivity index (χ4n) is 5.05. The third-order valence-electron chi connectivity index (χ3n) is 7.59. The molecule has 1 aliphatic heterocycles. The topological polar surface area (TPSA) is 66.8 Å². The summed E-state index contributed by atoms with van der Waals surface area (Å²) in [5.41, 5.74) is -1.14. The van der Waals surface area contributed by atoms with Gasteiger partial charge in [0.05, 0.1) is 0 Å². The minimum atomic E-state index is -2.79. The van der Waals surface area contributed by atoms with Gasteiger partial charge in [-0.15, -0.1) is 0 Å². The predicted octanol–water partition coefficient (Wildman–Crippen LogP) is 7.11. The molecular formula is C28H52O4Sn. The number of allylic oxidation sites excluding steroid dienone is 1. The standard InChI is InChI=1S/C16H25O4.3C4H9.Sn/c1-12-6-4-5-7-14(17)8-10-16(3,19)11-9-15(18)20-13(12)2;3*1-3-4-2;/h5,9,11-14,17,19H,4,6,8,10H2,1-3H3;3*1,3-4H2,2H3;/b7-5?,11-9+;;;;/t12-,13+,14+,16+;;;;/m0..../s1. The molecule has 0 aromatic heterocycles. The Kier molecular flexibility index (Phi) is 14.5. The number of esters is 1. The van der Waals surface area contributed by atoms with Crippen LogP contribution in [0.25, 0.3) is 0 Å². The van der Waals surface area contributed by atoms with E-state index in [2.05, 4.69) is 33.8 Å². The molecule has 4 atom stereocenters. The quantitative estimate of drug-likeness (QED) is 0.217. The van der Waals surface area contributed by atoms with Crippen molar-refractivity contribution in [2.24, 2.45) is 5.92 Å². The average molecular weight is 571 g/mol. The van der Waals surface area contributed by atoms with Gasteiger partial charge in [0.2, 0.25) is 0 Å². The van der Waals surface area contributed by atoms with Gasteiger partial charge in [0, 0.05) is 0 Å². The van der Waals surface area contributed by atoms with Crippen LogP contribution in [-0.2, 0) is 9.53 Å². The Morgan fingerprint density at radius 3 is 2.09 bits per heavy atom. The van der Waals surface area contributed by atoms with Crippen molar-refractivity contribution >= 4 is 24.3 Å². The third-order valence-corrected chi connectivity index (χ3v) is 23.8. The van der Waals surface area contributed by atoms with Crippen LogP contribution in [0.5, 0.6) is 0 Å². The van der Waals surface area contributed by atoms with Crippen LogP contribution in [0.15, 0.2) is 21.8 Å². The average Bonchev–Trinajstić information content (AvgIpc) is 2.78. The van der Waals surface area contributed by atoms with E-state index in [4.69, 9.17) is 4.74 Å². The Balaban J connectivity index is 3.38. The molecule has 1 aliphatic rings. The van der Waals surface area contributed by atoms with Gasteiger partial charge in [-0.3, -0.25) is 0 Å². The van der Waals surface area contributed by atoms with Crippen LogP contribution in [-0.4, -0.2) is 52.4 Å². The van der Waals surface area contributed by atoms with E-state index in [1.807, 2.05) is 6.92 Å². The van der Waals surface area contributed by atoms with Crippen LogP contribution < -0.4 is 0 Å². The van der Waals surface area contributed by atoms with Gasteiger partial charge < -0.3 is 0 Å². The molecule has 4 nitrogen and oxygen atoms in total. The van der Waals surface area contributed by atoms with Crippen molar-refractivity contribution in [3.8, 4) is 0 Å². The van der Waals surface area contributed by atoms with Gasteiger partial charge in [0.1, 0.15) is 0 Å². The van der Waals surface area contributed by atoms with E-state index < -0.39 is 36.1 Å². The first-order valence-corrected chi connectivity index (χ1v) is 21.1. The zero-order chi connectivity index (χ0) is 24.9. The van der Waals surface area contributed by atoms with Gasteiger partial charge >= 0.3 is 209 Å². The number of carbonyl (C=O) groups is 1. The maximum atomic E-state index is 12.2. The number of unbranched alkanes of at least 4 members (excludes halogenated alkanes) is 3. The van der Waals surface area contributed by atoms with Crippen molar-refractivity contribution in [1.29, 1.82) is 0 Å². The van der Waals surface area contributed by atoms with E-state index in [1.165, 1.54) is 67.6 Å². The summed E-state index contributed by atoms with van der Waals surface area (Å²) in [5.74, 6) is -0.163. The second kappa shape index (κ2) is 15.6. The van der Waals surface area contributed by atoms with Crippen LogP contribution in [0, 0.1) is 5.92 Å². The molecule has 0 saturated carbocycles. The molecular weight excluding hydrogens is 519 g/mol. The molecule has 0 saturated heterocycles. The van der Waals surface area contributed by atoms with Crippen LogP contribution in [0.3, 0.4) is 0 Å². The zero-order valence-corrected chi connectivity index (χ0v) is 25.2. The first kappa shape index (κ1) is 30.7. The summed E-state index contributed by atoms with van der Waals surface area (Å²) < 4.78 is 11.0. The van der Waals surface area contributed by atoms with Crippen molar-refractivity contribution in [2.45, 2.75) is 137 Å². The van der Waals surface area contributed by atoms with Gasteiger partial charge in [0.15, 0.2) is 0 Å². The molecule has 33 heavy (non-hydrogen) atoms. The van der Waals surface area contributed by atoms with Crippen molar-refractivity contribution in [2.75, 3.05) is 0 Å². The number of carbonyl (C=O) groups excluding carboxylic acids is 1. The zero-order valence-electron chi connectivity index (χ0n) is 22.4. The number of hydrogen-bond donors (Lipinski definition) is 2. The summed E-state index contributed by atoms with van der Waals surface area (Å²) in [6.45, 7) is 12.6. The summed E-state index contributed by atoms with van der Waals surface area (Å²) >= 11 is -2.79. The van der Waals surface area contributed by atoms with Crippen molar-refractivity contribution < 1.29 is 19.7 Å². The van der Waals surface area contributed by atoms with Gasteiger partial charge in [-0.1, -0.05) is 0 Å². The molecule has 0 aromatic rings. The first-order chi connectivity index (χ1) is 15.6. The van der Waals surface area contributed by atoms with Gasteiger partial charge in [-0.2, -0.15) is 0 Å². The number of aliphatic hydroxyl groups excluding tert-OH is 1. The number of ether oxygens (including phenoxy) is 1. The molecule has 0 radical (unpaired) electrons. The molecule has 0 spiro atoms. The minimum absolute atomic E-state index is 0.176.